The van der Waals surface area contributed by atoms with Gasteiger partial charge >= 0.3 is 5.97 Å². The number of aromatic nitrogens is 2. The molecule has 2 heterocycles. The summed E-state index contributed by atoms with van der Waals surface area (Å²) < 4.78 is 0. The first-order chi connectivity index (χ1) is 10.1. The molecule has 1 atom stereocenters. The van der Waals surface area contributed by atoms with Crippen LogP contribution in [0.15, 0.2) is 30.3 Å². The summed E-state index contributed by atoms with van der Waals surface area (Å²) in [6.07, 6.45) is 1.80. The molecule has 1 amide bonds. The van der Waals surface area contributed by atoms with Gasteiger partial charge in [-0.15, -0.1) is 0 Å². The average Bonchev–Trinajstić information content (AvgIpc) is 2.89. The molecule has 0 aliphatic carbocycles. The molecule has 0 radical (unpaired) electrons. The highest BCUT2D eigenvalue weighted by Gasteiger charge is 2.32. The number of aromatic amines is 1. The van der Waals surface area contributed by atoms with Crippen molar-refractivity contribution < 1.29 is 14.7 Å². The summed E-state index contributed by atoms with van der Waals surface area (Å²) in [5.74, 6) is -0.950. The SMILES string of the molecule is O=C1C[C@@H](CCc2ccccc2)c2c(n[nH]c2C(=O)O)N1. The molecule has 1 aliphatic rings. The molecule has 2 aromatic rings. The molecule has 0 saturated heterocycles. The number of anilines is 1. The molecule has 0 spiro atoms. The Kier molecular flexibility index (Phi) is 3.43. The van der Waals surface area contributed by atoms with Gasteiger partial charge in [0.05, 0.1) is 0 Å². The number of carbonyl (C=O) groups excluding carboxylic acids is 1. The van der Waals surface area contributed by atoms with Crippen molar-refractivity contribution in [3.63, 3.8) is 0 Å². The first kappa shape index (κ1) is 13.4. The molecule has 21 heavy (non-hydrogen) atoms. The zero-order valence-electron chi connectivity index (χ0n) is 11.3. The van der Waals surface area contributed by atoms with E-state index in [4.69, 9.17) is 0 Å². The third-order valence-corrected chi connectivity index (χ3v) is 3.74. The standard InChI is InChI=1S/C15H15N3O3/c19-11-8-10(7-6-9-4-2-1-3-5-9)12-13(15(20)21)17-18-14(12)16-11/h1-5,10H,6-8H2,(H,20,21)(H2,16,17,18,19)/t10-/m1/s1. The summed E-state index contributed by atoms with van der Waals surface area (Å²) in [6, 6.07) is 9.94. The first-order valence-electron chi connectivity index (χ1n) is 6.80. The van der Waals surface area contributed by atoms with Crippen molar-refractivity contribution in [3.8, 4) is 0 Å². The maximum absolute atomic E-state index is 11.7. The van der Waals surface area contributed by atoms with Gasteiger partial charge in [0.1, 0.15) is 5.69 Å². The van der Waals surface area contributed by atoms with E-state index in [1.165, 1.54) is 5.56 Å². The predicted octanol–water partition coefficient (Wildman–Crippen LogP) is 2.17. The number of hydrogen-bond donors (Lipinski definition) is 3. The van der Waals surface area contributed by atoms with Crippen molar-refractivity contribution in [1.29, 1.82) is 0 Å². The second-order valence-corrected chi connectivity index (χ2v) is 5.14. The summed E-state index contributed by atoms with van der Waals surface area (Å²) in [6.45, 7) is 0. The van der Waals surface area contributed by atoms with Crippen LogP contribution in [0.25, 0.3) is 0 Å². The number of amides is 1. The fourth-order valence-corrected chi connectivity index (χ4v) is 2.75. The molecule has 108 valence electrons. The first-order valence-corrected chi connectivity index (χ1v) is 6.80. The van der Waals surface area contributed by atoms with E-state index in [-0.39, 0.29) is 17.5 Å². The maximum Gasteiger partial charge on any atom is 0.354 e. The topological polar surface area (TPSA) is 95.1 Å². The van der Waals surface area contributed by atoms with Crippen molar-refractivity contribution in [3.05, 3.63) is 47.2 Å². The van der Waals surface area contributed by atoms with Crippen LogP contribution in [0.2, 0.25) is 0 Å². The second-order valence-electron chi connectivity index (χ2n) is 5.14. The lowest BCUT2D eigenvalue weighted by Crippen LogP contribution is -2.24. The van der Waals surface area contributed by atoms with E-state index in [0.29, 0.717) is 24.2 Å². The molecule has 0 fully saturated rings. The number of H-pyrrole nitrogens is 1. The van der Waals surface area contributed by atoms with Crippen LogP contribution in [0.4, 0.5) is 5.82 Å². The Labute approximate surface area is 121 Å². The zero-order chi connectivity index (χ0) is 14.8. The highest BCUT2D eigenvalue weighted by atomic mass is 16.4. The number of nitrogens with one attached hydrogen (secondary N) is 2. The molecule has 6 heteroatoms. The van der Waals surface area contributed by atoms with Gasteiger partial charge in [0.15, 0.2) is 5.82 Å². The number of carboxylic acid groups (broad SMARTS) is 1. The third-order valence-electron chi connectivity index (χ3n) is 3.74. The molecule has 0 bridgehead atoms. The molecule has 1 aromatic heterocycles. The number of carboxylic acids is 1. The second kappa shape index (κ2) is 5.40. The monoisotopic (exact) mass is 285 g/mol. The largest absolute Gasteiger partial charge is 0.477 e. The van der Waals surface area contributed by atoms with Gasteiger partial charge in [-0.3, -0.25) is 9.89 Å². The third kappa shape index (κ3) is 2.65. The quantitative estimate of drug-likeness (QED) is 0.802. The number of nitrogens with zero attached hydrogens (tertiary/aromatic N) is 1. The van der Waals surface area contributed by atoms with Gasteiger partial charge in [-0.25, -0.2) is 4.79 Å². The van der Waals surface area contributed by atoms with Crippen LogP contribution in [-0.2, 0) is 11.2 Å². The lowest BCUT2D eigenvalue weighted by Gasteiger charge is -2.22. The Balaban J connectivity index is 1.84. The Morgan fingerprint density at radius 2 is 2.10 bits per heavy atom. The molecule has 6 nitrogen and oxygen atoms in total. The van der Waals surface area contributed by atoms with Gasteiger partial charge in [-0.2, -0.15) is 5.10 Å². The van der Waals surface area contributed by atoms with Crippen LogP contribution < -0.4 is 5.32 Å². The van der Waals surface area contributed by atoms with E-state index in [9.17, 15) is 14.7 Å². The molecule has 0 unspecified atom stereocenters. The molecule has 1 aromatic carbocycles. The molecule has 0 saturated carbocycles. The van der Waals surface area contributed by atoms with Crippen LogP contribution in [0.5, 0.6) is 0 Å². The molecule has 1 aliphatic heterocycles. The van der Waals surface area contributed by atoms with Gasteiger partial charge in [0, 0.05) is 12.0 Å². The maximum atomic E-state index is 11.7. The number of rotatable bonds is 4. The Morgan fingerprint density at radius 1 is 1.33 bits per heavy atom. The molecular formula is C15H15N3O3. The lowest BCUT2D eigenvalue weighted by atomic mass is 9.87. The van der Waals surface area contributed by atoms with Crippen LogP contribution in [0, 0.1) is 0 Å². The lowest BCUT2D eigenvalue weighted by molar-refractivity contribution is -0.116. The summed E-state index contributed by atoms with van der Waals surface area (Å²) in [7, 11) is 0. The van der Waals surface area contributed by atoms with Crippen LogP contribution in [-0.4, -0.2) is 27.2 Å². The molecule has 3 N–H and O–H groups in total. The van der Waals surface area contributed by atoms with E-state index in [1.807, 2.05) is 30.3 Å². The zero-order valence-corrected chi connectivity index (χ0v) is 11.3. The van der Waals surface area contributed by atoms with Crippen molar-refractivity contribution in [2.24, 2.45) is 0 Å². The van der Waals surface area contributed by atoms with Crippen molar-refractivity contribution in [1.82, 2.24) is 10.2 Å². The normalized spacial score (nSPS) is 17.1. The number of fused-ring (bicyclic) bond motifs is 1. The average molecular weight is 285 g/mol. The fraction of sp³-hybridized carbons (Fsp3) is 0.267. The van der Waals surface area contributed by atoms with E-state index < -0.39 is 5.97 Å². The molecular weight excluding hydrogens is 270 g/mol. The summed E-state index contributed by atoms with van der Waals surface area (Å²) in [5.41, 5.74) is 1.85. The highest BCUT2D eigenvalue weighted by Crippen LogP contribution is 2.36. The summed E-state index contributed by atoms with van der Waals surface area (Å²) in [4.78, 5) is 23.0. The Bertz CT molecular complexity index is 679. The smallest absolute Gasteiger partial charge is 0.354 e. The van der Waals surface area contributed by atoms with Gasteiger partial charge in [-0.05, 0) is 24.3 Å². The fourth-order valence-electron chi connectivity index (χ4n) is 2.75. The van der Waals surface area contributed by atoms with Gasteiger partial charge < -0.3 is 10.4 Å². The van der Waals surface area contributed by atoms with E-state index >= 15 is 0 Å². The van der Waals surface area contributed by atoms with E-state index in [1.54, 1.807) is 0 Å². The number of carbonyl (C=O) groups is 2. The van der Waals surface area contributed by atoms with Crippen LogP contribution in [0.1, 0.15) is 40.4 Å². The van der Waals surface area contributed by atoms with E-state index in [2.05, 4.69) is 15.5 Å². The van der Waals surface area contributed by atoms with Crippen molar-refractivity contribution in [2.75, 3.05) is 5.32 Å². The predicted molar refractivity (Wildman–Crippen MR) is 76.3 cm³/mol. The number of benzene rings is 1. The Hall–Kier alpha value is -2.63. The molecule has 3 rings (SSSR count). The number of hydrogen-bond acceptors (Lipinski definition) is 3. The minimum Gasteiger partial charge on any atom is -0.477 e. The minimum atomic E-state index is -1.05. The van der Waals surface area contributed by atoms with Gasteiger partial charge in [0.25, 0.3) is 0 Å². The highest BCUT2D eigenvalue weighted by molar-refractivity contribution is 5.97. The summed E-state index contributed by atoms with van der Waals surface area (Å²) in [5, 5.41) is 18.2. The number of aromatic carboxylic acids is 1. The Morgan fingerprint density at radius 3 is 2.81 bits per heavy atom. The van der Waals surface area contributed by atoms with Gasteiger partial charge in [-0.1, -0.05) is 30.3 Å². The van der Waals surface area contributed by atoms with Crippen LogP contribution in [0.3, 0.4) is 0 Å². The number of aryl methyl sites for hydroxylation is 1. The van der Waals surface area contributed by atoms with Crippen molar-refractivity contribution >= 4 is 17.7 Å². The van der Waals surface area contributed by atoms with Crippen molar-refractivity contribution in [2.45, 2.75) is 25.2 Å². The van der Waals surface area contributed by atoms with Gasteiger partial charge in [0.2, 0.25) is 5.91 Å². The summed E-state index contributed by atoms with van der Waals surface area (Å²) >= 11 is 0. The van der Waals surface area contributed by atoms with Crippen LogP contribution >= 0.6 is 0 Å². The van der Waals surface area contributed by atoms with E-state index in [0.717, 1.165) is 6.42 Å². The minimum absolute atomic E-state index is 0.0723.